The summed E-state index contributed by atoms with van der Waals surface area (Å²) >= 11 is 0. The van der Waals surface area contributed by atoms with Gasteiger partial charge in [-0.05, 0) is 13.8 Å². The van der Waals surface area contributed by atoms with Gasteiger partial charge in [0.1, 0.15) is 0 Å². The lowest BCUT2D eigenvalue weighted by Gasteiger charge is -2.35. The Kier molecular flexibility index (Phi) is 5.05. The molecule has 4 nitrogen and oxygen atoms in total. The van der Waals surface area contributed by atoms with Gasteiger partial charge in [-0.2, -0.15) is 0 Å². The van der Waals surface area contributed by atoms with Crippen molar-refractivity contribution in [3.8, 4) is 0 Å². The van der Waals surface area contributed by atoms with Crippen molar-refractivity contribution in [2.24, 2.45) is 5.92 Å². The van der Waals surface area contributed by atoms with Crippen molar-refractivity contribution in [2.75, 3.05) is 32.8 Å². The van der Waals surface area contributed by atoms with Gasteiger partial charge in [-0.15, -0.1) is 0 Å². The average molecular weight is 214 g/mol. The minimum Gasteiger partial charge on any atom is -0.466 e. The highest BCUT2D eigenvalue weighted by atomic mass is 16.5. The van der Waals surface area contributed by atoms with E-state index in [0.29, 0.717) is 12.6 Å². The van der Waals surface area contributed by atoms with E-state index in [2.05, 4.69) is 17.1 Å². The van der Waals surface area contributed by atoms with Crippen LogP contribution >= 0.6 is 0 Å². The first-order valence-corrected chi connectivity index (χ1v) is 5.76. The van der Waals surface area contributed by atoms with E-state index < -0.39 is 0 Å². The number of nitrogens with one attached hydrogen (secondary N) is 1. The molecule has 15 heavy (non-hydrogen) atoms. The first-order chi connectivity index (χ1) is 7.15. The van der Waals surface area contributed by atoms with E-state index in [1.807, 2.05) is 13.8 Å². The molecule has 0 aromatic heterocycles. The van der Waals surface area contributed by atoms with E-state index in [9.17, 15) is 4.79 Å². The van der Waals surface area contributed by atoms with E-state index in [0.717, 1.165) is 26.2 Å². The maximum absolute atomic E-state index is 11.5. The van der Waals surface area contributed by atoms with Crippen molar-refractivity contribution in [3.63, 3.8) is 0 Å². The fourth-order valence-corrected chi connectivity index (χ4v) is 1.87. The smallest absolute Gasteiger partial charge is 0.309 e. The van der Waals surface area contributed by atoms with Gasteiger partial charge in [-0.3, -0.25) is 9.69 Å². The summed E-state index contributed by atoms with van der Waals surface area (Å²) in [6.45, 7) is 10.3. The summed E-state index contributed by atoms with van der Waals surface area (Å²) in [7, 11) is 0. The molecule has 1 heterocycles. The number of hydrogen-bond donors (Lipinski definition) is 1. The number of nitrogens with zero attached hydrogens (tertiary/aromatic N) is 1. The van der Waals surface area contributed by atoms with Gasteiger partial charge in [0.15, 0.2) is 0 Å². The Hall–Kier alpha value is -0.610. The Morgan fingerprint density at radius 1 is 1.67 bits per heavy atom. The van der Waals surface area contributed by atoms with Crippen LogP contribution in [0.3, 0.4) is 0 Å². The number of hydrogen-bond acceptors (Lipinski definition) is 4. The lowest BCUT2D eigenvalue weighted by Crippen LogP contribution is -2.51. The highest BCUT2D eigenvalue weighted by Crippen LogP contribution is 2.08. The van der Waals surface area contributed by atoms with E-state index in [1.54, 1.807) is 0 Å². The molecule has 1 fully saturated rings. The molecule has 0 spiro atoms. The molecule has 4 heteroatoms. The maximum atomic E-state index is 11.5. The van der Waals surface area contributed by atoms with Gasteiger partial charge in [0.2, 0.25) is 0 Å². The number of rotatable bonds is 4. The number of esters is 1. The Morgan fingerprint density at radius 3 is 3.00 bits per heavy atom. The zero-order valence-corrected chi connectivity index (χ0v) is 9.95. The van der Waals surface area contributed by atoms with Gasteiger partial charge in [-0.25, -0.2) is 0 Å². The normalized spacial score (nSPS) is 24.9. The predicted molar refractivity (Wildman–Crippen MR) is 59.7 cm³/mol. The molecule has 0 aromatic carbocycles. The molecule has 2 atom stereocenters. The molecule has 1 rings (SSSR count). The van der Waals surface area contributed by atoms with Gasteiger partial charge in [0, 0.05) is 32.2 Å². The fraction of sp³-hybridized carbons (Fsp3) is 0.909. The summed E-state index contributed by atoms with van der Waals surface area (Å²) in [6, 6.07) is 0.510. The van der Waals surface area contributed by atoms with Crippen molar-refractivity contribution >= 4 is 5.97 Å². The third-order valence-corrected chi connectivity index (χ3v) is 2.84. The minimum absolute atomic E-state index is 0.0227. The highest BCUT2D eigenvalue weighted by molar-refractivity contribution is 5.72. The number of carbonyl (C=O) groups is 1. The SMILES string of the molecule is CCOC(=O)C(C)CN1CCNCC1C. The summed E-state index contributed by atoms with van der Waals surface area (Å²) in [6.07, 6.45) is 0. The maximum Gasteiger partial charge on any atom is 0.309 e. The molecule has 0 bridgehead atoms. The van der Waals surface area contributed by atoms with Crippen LogP contribution in [0.25, 0.3) is 0 Å². The van der Waals surface area contributed by atoms with Crippen molar-refractivity contribution in [3.05, 3.63) is 0 Å². The Balaban J connectivity index is 2.35. The quantitative estimate of drug-likeness (QED) is 0.691. The van der Waals surface area contributed by atoms with Crippen molar-refractivity contribution < 1.29 is 9.53 Å². The lowest BCUT2D eigenvalue weighted by molar-refractivity contribution is -0.148. The van der Waals surface area contributed by atoms with Crippen LogP contribution in [0.1, 0.15) is 20.8 Å². The third-order valence-electron chi connectivity index (χ3n) is 2.84. The molecule has 1 N–H and O–H groups in total. The van der Waals surface area contributed by atoms with E-state index in [-0.39, 0.29) is 11.9 Å². The first kappa shape index (κ1) is 12.5. The van der Waals surface area contributed by atoms with E-state index in [4.69, 9.17) is 4.74 Å². The van der Waals surface area contributed by atoms with Crippen molar-refractivity contribution in [2.45, 2.75) is 26.8 Å². The Labute approximate surface area is 92.0 Å². The summed E-state index contributed by atoms with van der Waals surface area (Å²) in [5.41, 5.74) is 0. The van der Waals surface area contributed by atoms with E-state index >= 15 is 0 Å². The topological polar surface area (TPSA) is 41.6 Å². The van der Waals surface area contributed by atoms with Gasteiger partial charge in [0.05, 0.1) is 12.5 Å². The molecule has 1 aliphatic rings. The van der Waals surface area contributed by atoms with Gasteiger partial charge < -0.3 is 10.1 Å². The average Bonchev–Trinajstić information content (AvgIpc) is 2.21. The summed E-state index contributed by atoms with van der Waals surface area (Å²) in [5.74, 6) is -0.103. The number of ether oxygens (including phenoxy) is 1. The monoisotopic (exact) mass is 214 g/mol. The van der Waals surface area contributed by atoms with E-state index in [1.165, 1.54) is 0 Å². The van der Waals surface area contributed by atoms with Gasteiger partial charge >= 0.3 is 5.97 Å². The standard InChI is InChI=1S/C11H22N2O2/c1-4-15-11(14)9(2)8-13-6-5-12-7-10(13)3/h9-10,12H,4-8H2,1-3H3. The molecule has 0 aromatic rings. The zero-order valence-electron chi connectivity index (χ0n) is 9.95. The molecule has 0 aliphatic carbocycles. The van der Waals surface area contributed by atoms with Gasteiger partial charge in [-0.1, -0.05) is 6.92 Å². The first-order valence-electron chi connectivity index (χ1n) is 5.76. The van der Waals surface area contributed by atoms with Crippen LogP contribution in [0.5, 0.6) is 0 Å². The molecule has 88 valence electrons. The second-order valence-electron chi connectivity index (χ2n) is 4.20. The summed E-state index contributed by atoms with van der Waals surface area (Å²) in [5, 5.41) is 3.33. The second-order valence-corrected chi connectivity index (χ2v) is 4.20. The Bertz CT molecular complexity index is 209. The van der Waals surface area contributed by atoms with Crippen LogP contribution in [0.4, 0.5) is 0 Å². The van der Waals surface area contributed by atoms with Crippen LogP contribution in [0, 0.1) is 5.92 Å². The van der Waals surface area contributed by atoms with Crippen LogP contribution in [0.15, 0.2) is 0 Å². The van der Waals surface area contributed by atoms with Crippen LogP contribution in [-0.4, -0.2) is 49.7 Å². The molecule has 0 amide bonds. The third kappa shape index (κ3) is 3.80. The summed E-state index contributed by atoms with van der Waals surface area (Å²) < 4.78 is 5.00. The Morgan fingerprint density at radius 2 is 2.40 bits per heavy atom. The van der Waals surface area contributed by atoms with Crippen molar-refractivity contribution in [1.82, 2.24) is 10.2 Å². The van der Waals surface area contributed by atoms with Crippen LogP contribution in [0.2, 0.25) is 0 Å². The molecular weight excluding hydrogens is 192 g/mol. The molecule has 2 unspecified atom stereocenters. The molecular formula is C11H22N2O2. The minimum atomic E-state index is -0.0803. The number of piperazine rings is 1. The molecule has 1 saturated heterocycles. The summed E-state index contributed by atoms with van der Waals surface area (Å²) in [4.78, 5) is 13.8. The molecule has 1 aliphatic heterocycles. The van der Waals surface area contributed by atoms with Crippen molar-refractivity contribution in [1.29, 1.82) is 0 Å². The zero-order chi connectivity index (χ0) is 11.3. The van der Waals surface area contributed by atoms with Crippen LogP contribution in [-0.2, 0) is 9.53 Å². The van der Waals surface area contributed by atoms with Gasteiger partial charge in [0.25, 0.3) is 0 Å². The van der Waals surface area contributed by atoms with Crippen LogP contribution < -0.4 is 5.32 Å². The second kappa shape index (κ2) is 6.08. The largest absolute Gasteiger partial charge is 0.466 e. The fourth-order valence-electron chi connectivity index (χ4n) is 1.87. The lowest BCUT2D eigenvalue weighted by atomic mass is 10.1. The predicted octanol–water partition coefficient (Wildman–Crippen LogP) is 0.479. The molecule has 0 radical (unpaired) electrons. The number of carbonyl (C=O) groups excluding carboxylic acids is 1. The highest BCUT2D eigenvalue weighted by Gasteiger charge is 2.23. The molecule has 0 saturated carbocycles.